The van der Waals surface area contributed by atoms with Crippen molar-refractivity contribution in [1.29, 1.82) is 0 Å². The maximum atomic E-state index is 4.24. The monoisotopic (exact) mass is 245 g/mol. The van der Waals surface area contributed by atoms with E-state index in [0.29, 0.717) is 5.92 Å². The van der Waals surface area contributed by atoms with Gasteiger partial charge in [-0.15, -0.1) is 0 Å². The number of hydrogen-bond acceptors (Lipinski definition) is 3. The van der Waals surface area contributed by atoms with Crippen LogP contribution in [0.5, 0.6) is 0 Å². The molecular formula is C13H19N5. The fourth-order valence-electron chi connectivity index (χ4n) is 2.68. The molecule has 1 N–H and O–H groups in total. The fraction of sp³-hybridized carbons (Fsp3) is 0.538. The molecule has 5 heteroatoms. The van der Waals surface area contributed by atoms with Crippen molar-refractivity contribution in [3.8, 4) is 0 Å². The highest BCUT2D eigenvalue weighted by Crippen LogP contribution is 2.24. The summed E-state index contributed by atoms with van der Waals surface area (Å²) in [7, 11) is 0. The van der Waals surface area contributed by atoms with Crippen molar-refractivity contribution in [2.75, 3.05) is 19.6 Å². The number of nitrogens with one attached hydrogen (secondary N) is 1. The van der Waals surface area contributed by atoms with Gasteiger partial charge >= 0.3 is 0 Å². The van der Waals surface area contributed by atoms with Gasteiger partial charge in [-0.25, -0.2) is 0 Å². The Morgan fingerprint density at radius 1 is 1.33 bits per heavy atom. The van der Waals surface area contributed by atoms with Crippen LogP contribution in [0.3, 0.4) is 0 Å². The van der Waals surface area contributed by atoms with Crippen LogP contribution >= 0.6 is 0 Å². The Morgan fingerprint density at radius 3 is 3.11 bits per heavy atom. The molecule has 1 aliphatic heterocycles. The molecule has 1 unspecified atom stereocenters. The summed E-state index contributed by atoms with van der Waals surface area (Å²) in [5.41, 5.74) is 1.28. The molecule has 0 radical (unpaired) electrons. The summed E-state index contributed by atoms with van der Waals surface area (Å²) < 4.78 is 2.00. The second kappa shape index (κ2) is 5.35. The van der Waals surface area contributed by atoms with Gasteiger partial charge in [-0.05, 0) is 31.5 Å². The van der Waals surface area contributed by atoms with Gasteiger partial charge in [0.2, 0.25) is 0 Å². The van der Waals surface area contributed by atoms with E-state index < -0.39 is 0 Å². The van der Waals surface area contributed by atoms with Crippen LogP contribution < -0.4 is 0 Å². The Morgan fingerprint density at radius 2 is 2.33 bits per heavy atom. The Bertz CT molecular complexity index is 448. The van der Waals surface area contributed by atoms with Gasteiger partial charge < -0.3 is 4.90 Å². The predicted molar refractivity (Wildman–Crippen MR) is 69.2 cm³/mol. The molecule has 0 aliphatic carbocycles. The first kappa shape index (κ1) is 11.5. The number of rotatable bonds is 4. The van der Waals surface area contributed by atoms with Crippen molar-refractivity contribution >= 4 is 0 Å². The third-order valence-corrected chi connectivity index (χ3v) is 3.67. The van der Waals surface area contributed by atoms with Crippen molar-refractivity contribution in [2.24, 2.45) is 0 Å². The lowest BCUT2D eigenvalue weighted by atomic mass is 9.95. The van der Waals surface area contributed by atoms with Crippen molar-refractivity contribution in [3.63, 3.8) is 0 Å². The maximum Gasteiger partial charge on any atom is 0.0536 e. The Labute approximate surface area is 107 Å². The van der Waals surface area contributed by atoms with Crippen LogP contribution in [-0.2, 0) is 6.54 Å². The molecule has 1 atom stereocenters. The standard InChI is InChI=1S/C13H19N5/c1-3-12(13-4-6-14-16-13)11-17(7-1)9-10-18-8-2-5-15-18/h2,4-6,8,12H,1,3,7,9-11H2,(H,14,16). The lowest BCUT2D eigenvalue weighted by Gasteiger charge is -2.32. The number of aromatic nitrogens is 4. The third-order valence-electron chi connectivity index (χ3n) is 3.67. The molecule has 0 spiro atoms. The summed E-state index contributed by atoms with van der Waals surface area (Å²) in [6, 6.07) is 4.07. The molecule has 0 aromatic carbocycles. The fourth-order valence-corrected chi connectivity index (χ4v) is 2.68. The molecule has 3 heterocycles. The van der Waals surface area contributed by atoms with Crippen LogP contribution in [-0.4, -0.2) is 44.5 Å². The molecule has 1 fully saturated rings. The number of hydrogen-bond donors (Lipinski definition) is 1. The van der Waals surface area contributed by atoms with E-state index in [9.17, 15) is 0 Å². The smallest absolute Gasteiger partial charge is 0.0536 e. The Balaban J connectivity index is 1.54. The molecule has 5 nitrogen and oxygen atoms in total. The van der Waals surface area contributed by atoms with E-state index >= 15 is 0 Å². The van der Waals surface area contributed by atoms with Crippen LogP contribution in [0.2, 0.25) is 0 Å². The number of nitrogens with zero attached hydrogens (tertiary/aromatic N) is 4. The first-order valence-corrected chi connectivity index (χ1v) is 6.61. The first-order chi connectivity index (χ1) is 8.92. The SMILES string of the molecule is c1cnn(CCN2CCCC(c3ccn[nH]3)C2)c1. The van der Waals surface area contributed by atoms with Gasteiger partial charge in [-0.3, -0.25) is 9.78 Å². The molecule has 18 heavy (non-hydrogen) atoms. The summed E-state index contributed by atoms with van der Waals surface area (Å²) in [5.74, 6) is 0.610. The van der Waals surface area contributed by atoms with Crippen LogP contribution in [0.1, 0.15) is 24.5 Å². The van der Waals surface area contributed by atoms with Crippen molar-refractivity contribution < 1.29 is 0 Å². The summed E-state index contributed by atoms with van der Waals surface area (Å²) >= 11 is 0. The number of aromatic amines is 1. The van der Waals surface area contributed by atoms with Gasteiger partial charge in [-0.2, -0.15) is 10.2 Å². The minimum absolute atomic E-state index is 0.610. The van der Waals surface area contributed by atoms with Crippen molar-refractivity contribution in [2.45, 2.75) is 25.3 Å². The van der Waals surface area contributed by atoms with Gasteiger partial charge in [0.15, 0.2) is 0 Å². The average molecular weight is 245 g/mol. The lowest BCUT2D eigenvalue weighted by Crippen LogP contribution is -2.36. The van der Waals surface area contributed by atoms with E-state index in [-0.39, 0.29) is 0 Å². The minimum Gasteiger partial charge on any atom is -0.301 e. The van der Waals surface area contributed by atoms with Gasteiger partial charge in [-0.1, -0.05) is 0 Å². The van der Waals surface area contributed by atoms with Crippen LogP contribution in [0.15, 0.2) is 30.7 Å². The minimum atomic E-state index is 0.610. The van der Waals surface area contributed by atoms with E-state index in [4.69, 9.17) is 0 Å². The van der Waals surface area contributed by atoms with Crippen molar-refractivity contribution in [3.05, 3.63) is 36.4 Å². The highest BCUT2D eigenvalue weighted by atomic mass is 15.3. The average Bonchev–Trinajstić information content (AvgIpc) is 3.10. The van der Waals surface area contributed by atoms with E-state index in [0.717, 1.165) is 19.6 Å². The highest BCUT2D eigenvalue weighted by molar-refractivity contribution is 5.07. The normalized spacial score (nSPS) is 21.2. The van der Waals surface area contributed by atoms with Gasteiger partial charge in [0, 0.05) is 43.3 Å². The number of H-pyrrole nitrogens is 1. The van der Waals surface area contributed by atoms with E-state index in [2.05, 4.69) is 26.3 Å². The van der Waals surface area contributed by atoms with Gasteiger partial charge in [0.05, 0.1) is 6.54 Å². The summed E-state index contributed by atoms with van der Waals surface area (Å²) in [6.07, 6.45) is 8.24. The number of piperidine rings is 1. The Hall–Kier alpha value is -1.62. The number of likely N-dealkylation sites (tertiary alicyclic amines) is 1. The van der Waals surface area contributed by atoms with Gasteiger partial charge in [0.25, 0.3) is 0 Å². The molecule has 3 rings (SSSR count). The zero-order valence-corrected chi connectivity index (χ0v) is 10.5. The lowest BCUT2D eigenvalue weighted by molar-refractivity contribution is 0.197. The molecule has 0 amide bonds. The molecule has 1 saturated heterocycles. The third kappa shape index (κ3) is 2.61. The highest BCUT2D eigenvalue weighted by Gasteiger charge is 2.21. The van der Waals surface area contributed by atoms with Gasteiger partial charge in [0.1, 0.15) is 0 Å². The molecule has 0 saturated carbocycles. The molecule has 96 valence electrons. The zero-order valence-electron chi connectivity index (χ0n) is 10.5. The first-order valence-electron chi connectivity index (χ1n) is 6.61. The topological polar surface area (TPSA) is 49.7 Å². The second-order valence-electron chi connectivity index (χ2n) is 4.92. The molecule has 1 aliphatic rings. The second-order valence-corrected chi connectivity index (χ2v) is 4.92. The summed E-state index contributed by atoms with van der Waals surface area (Å²) in [5, 5.41) is 11.4. The molecule has 2 aromatic rings. The van der Waals surface area contributed by atoms with Crippen LogP contribution in [0.25, 0.3) is 0 Å². The maximum absolute atomic E-state index is 4.24. The van der Waals surface area contributed by atoms with Crippen molar-refractivity contribution in [1.82, 2.24) is 24.9 Å². The zero-order chi connectivity index (χ0) is 12.2. The summed E-state index contributed by atoms with van der Waals surface area (Å²) in [4.78, 5) is 2.52. The van der Waals surface area contributed by atoms with Crippen LogP contribution in [0.4, 0.5) is 0 Å². The van der Waals surface area contributed by atoms with E-state index in [1.807, 2.05) is 29.3 Å². The largest absolute Gasteiger partial charge is 0.301 e. The van der Waals surface area contributed by atoms with E-state index in [1.165, 1.54) is 25.1 Å². The summed E-state index contributed by atoms with van der Waals surface area (Å²) in [6.45, 7) is 4.38. The molecule has 0 bridgehead atoms. The molecule has 2 aromatic heterocycles. The molecular weight excluding hydrogens is 226 g/mol. The predicted octanol–water partition coefficient (Wildman–Crippen LogP) is 1.49. The van der Waals surface area contributed by atoms with Crippen LogP contribution in [0, 0.1) is 0 Å². The Kier molecular flexibility index (Phi) is 3.41. The van der Waals surface area contributed by atoms with E-state index in [1.54, 1.807) is 0 Å². The quantitative estimate of drug-likeness (QED) is 0.887.